The molecule has 50 valence electrons. The lowest BCUT2D eigenvalue weighted by atomic mass is 10.5. The number of alkyl halides is 3. The predicted octanol–water partition coefficient (Wildman–Crippen LogP) is 2.34. The van der Waals surface area contributed by atoms with E-state index < -0.39 is 12.0 Å². The molecule has 0 unspecified atom stereocenters. The molecule has 0 aliphatic carbocycles. The van der Waals surface area contributed by atoms with Crippen molar-refractivity contribution in [2.45, 2.75) is 6.18 Å². The van der Waals surface area contributed by atoms with Crippen molar-refractivity contribution in [3.05, 3.63) is 23.9 Å². The first-order valence-electron chi connectivity index (χ1n) is 1.86. The molecular formula is C5H2F4. The Labute approximate surface area is 48.8 Å². The summed E-state index contributed by atoms with van der Waals surface area (Å²) in [5, 5.41) is 0. The molecule has 0 nitrogen and oxygen atoms in total. The van der Waals surface area contributed by atoms with Gasteiger partial charge in [0.25, 0.3) is 5.83 Å². The minimum Gasteiger partial charge on any atom is -0.192 e. The second-order valence-corrected chi connectivity index (χ2v) is 1.11. The largest absolute Gasteiger partial charge is 0.451 e. The first-order chi connectivity index (χ1) is 3.98. The van der Waals surface area contributed by atoms with Gasteiger partial charge in [-0.15, -0.1) is 0 Å². The van der Waals surface area contributed by atoms with Crippen LogP contribution in [0.4, 0.5) is 17.6 Å². The van der Waals surface area contributed by atoms with Crippen LogP contribution in [-0.4, -0.2) is 6.18 Å². The topological polar surface area (TPSA) is 0 Å². The van der Waals surface area contributed by atoms with Crippen molar-refractivity contribution >= 4 is 0 Å². The Morgan fingerprint density at radius 1 is 1.33 bits per heavy atom. The van der Waals surface area contributed by atoms with Gasteiger partial charge in [0.15, 0.2) is 0 Å². The maximum atomic E-state index is 11.5. The summed E-state index contributed by atoms with van der Waals surface area (Å²) in [6.45, 7) is 2.72. The van der Waals surface area contributed by atoms with E-state index in [0.29, 0.717) is 0 Å². The molecule has 0 radical (unpaired) electrons. The van der Waals surface area contributed by atoms with Crippen molar-refractivity contribution in [3.8, 4) is 0 Å². The van der Waals surface area contributed by atoms with Gasteiger partial charge in [0.05, 0.1) is 0 Å². The number of allylic oxidation sites excluding steroid dienone is 1. The molecule has 0 heterocycles. The third-order valence-electron chi connectivity index (χ3n) is 0.447. The van der Waals surface area contributed by atoms with Gasteiger partial charge < -0.3 is 0 Å². The van der Waals surface area contributed by atoms with Crippen LogP contribution in [0.1, 0.15) is 0 Å². The first-order valence-corrected chi connectivity index (χ1v) is 1.86. The van der Waals surface area contributed by atoms with Crippen molar-refractivity contribution in [1.82, 2.24) is 0 Å². The fourth-order valence-electron chi connectivity index (χ4n) is 0.148. The van der Waals surface area contributed by atoms with Gasteiger partial charge in [0.2, 0.25) is 0 Å². The summed E-state index contributed by atoms with van der Waals surface area (Å²) in [5.74, 6) is -2.31. The van der Waals surface area contributed by atoms with E-state index >= 15 is 0 Å². The molecule has 4 heteroatoms. The van der Waals surface area contributed by atoms with Crippen LogP contribution < -0.4 is 0 Å². The SMILES string of the molecule is C=C=C=C(F)C(F)(F)F. The van der Waals surface area contributed by atoms with E-state index in [1.807, 2.05) is 0 Å². The van der Waals surface area contributed by atoms with E-state index in [9.17, 15) is 17.6 Å². The lowest BCUT2D eigenvalue weighted by molar-refractivity contribution is -0.108. The lowest BCUT2D eigenvalue weighted by Crippen LogP contribution is -2.06. The van der Waals surface area contributed by atoms with Crippen LogP contribution >= 0.6 is 0 Å². The van der Waals surface area contributed by atoms with Gasteiger partial charge in [-0.1, -0.05) is 5.73 Å². The molecule has 9 heavy (non-hydrogen) atoms. The molecule has 0 saturated carbocycles. The van der Waals surface area contributed by atoms with Gasteiger partial charge in [-0.3, -0.25) is 0 Å². The van der Waals surface area contributed by atoms with Crippen LogP contribution in [0, 0.1) is 0 Å². The van der Waals surface area contributed by atoms with Crippen LogP contribution in [0.5, 0.6) is 0 Å². The fraction of sp³-hybridized carbons (Fsp3) is 0.200. The van der Waals surface area contributed by atoms with Crippen molar-refractivity contribution in [2.75, 3.05) is 0 Å². The van der Waals surface area contributed by atoms with E-state index in [1.54, 1.807) is 5.73 Å². The molecule has 0 N–H and O–H groups in total. The van der Waals surface area contributed by atoms with Crippen LogP contribution in [0.25, 0.3) is 0 Å². The van der Waals surface area contributed by atoms with Crippen molar-refractivity contribution in [1.29, 1.82) is 0 Å². The fourth-order valence-corrected chi connectivity index (χ4v) is 0.148. The average molecular weight is 138 g/mol. The molecule has 0 aliphatic heterocycles. The summed E-state index contributed by atoms with van der Waals surface area (Å²) in [7, 11) is 0. The van der Waals surface area contributed by atoms with Gasteiger partial charge in [0.1, 0.15) is 0 Å². The summed E-state index contributed by atoms with van der Waals surface area (Å²) in [5.41, 5.74) is 2.69. The van der Waals surface area contributed by atoms with E-state index in [4.69, 9.17) is 0 Å². The van der Waals surface area contributed by atoms with Crippen molar-refractivity contribution in [3.63, 3.8) is 0 Å². The number of rotatable bonds is 0. The molecule has 0 aliphatic rings. The minimum absolute atomic E-state index is 1.15. The van der Waals surface area contributed by atoms with Gasteiger partial charge in [-0.25, -0.2) is 0 Å². The Morgan fingerprint density at radius 3 is 1.89 bits per heavy atom. The number of hydrogen-bond donors (Lipinski definition) is 0. The average Bonchev–Trinajstić information content (AvgIpc) is 1.64. The summed E-state index contributed by atoms with van der Waals surface area (Å²) >= 11 is 0. The quantitative estimate of drug-likeness (QED) is 0.356. The Kier molecular flexibility index (Phi) is 2.26. The van der Waals surface area contributed by atoms with Gasteiger partial charge in [0, 0.05) is 0 Å². The Balaban J connectivity index is 4.60. The standard InChI is InChI=1S/C5H2F4/c1-2-3-4(6)5(7,8)9/h1H2. The van der Waals surface area contributed by atoms with Crippen LogP contribution in [0.15, 0.2) is 23.9 Å². The highest BCUT2D eigenvalue weighted by molar-refractivity contribution is 4.97. The zero-order valence-electron chi connectivity index (χ0n) is 4.22. The highest BCUT2D eigenvalue weighted by Gasteiger charge is 2.34. The molecule has 0 atom stereocenters. The predicted molar refractivity (Wildman–Crippen MR) is 23.3 cm³/mol. The minimum atomic E-state index is -4.95. The Morgan fingerprint density at radius 2 is 1.78 bits per heavy atom. The molecule has 0 rings (SSSR count). The maximum absolute atomic E-state index is 11.5. The third kappa shape index (κ3) is 2.75. The Bertz CT molecular complexity index is 176. The lowest BCUT2D eigenvalue weighted by Gasteiger charge is -1.96. The normalized spacial score (nSPS) is 9.78. The van der Waals surface area contributed by atoms with Crippen LogP contribution in [0.2, 0.25) is 0 Å². The molecular weight excluding hydrogens is 136 g/mol. The first kappa shape index (κ1) is 8.02. The molecule has 0 spiro atoms. The molecule has 0 aromatic rings. The second-order valence-electron chi connectivity index (χ2n) is 1.11. The summed E-state index contributed by atoms with van der Waals surface area (Å²) in [6.07, 6.45) is -4.95. The van der Waals surface area contributed by atoms with E-state index in [1.165, 1.54) is 0 Å². The monoisotopic (exact) mass is 138 g/mol. The van der Waals surface area contributed by atoms with Gasteiger partial charge in [-0.05, 0) is 12.3 Å². The summed E-state index contributed by atoms with van der Waals surface area (Å²) < 4.78 is 44.8. The van der Waals surface area contributed by atoms with E-state index in [0.717, 1.165) is 5.73 Å². The summed E-state index contributed by atoms with van der Waals surface area (Å²) in [6, 6.07) is 0. The second kappa shape index (κ2) is 2.53. The highest BCUT2D eigenvalue weighted by Crippen LogP contribution is 2.24. The van der Waals surface area contributed by atoms with Crippen LogP contribution in [-0.2, 0) is 0 Å². The molecule has 0 bridgehead atoms. The highest BCUT2D eigenvalue weighted by atomic mass is 19.4. The zero-order chi connectivity index (χ0) is 7.49. The maximum Gasteiger partial charge on any atom is 0.451 e. The number of halogens is 4. The zero-order valence-corrected chi connectivity index (χ0v) is 4.22. The molecule has 0 saturated heterocycles. The van der Waals surface area contributed by atoms with Crippen LogP contribution in [0.3, 0.4) is 0 Å². The van der Waals surface area contributed by atoms with Gasteiger partial charge >= 0.3 is 6.18 Å². The van der Waals surface area contributed by atoms with E-state index in [-0.39, 0.29) is 0 Å². The van der Waals surface area contributed by atoms with Crippen molar-refractivity contribution < 1.29 is 17.6 Å². The number of hydrogen-bond acceptors (Lipinski definition) is 0. The van der Waals surface area contributed by atoms with Crippen molar-refractivity contribution in [2.24, 2.45) is 0 Å². The third-order valence-corrected chi connectivity index (χ3v) is 0.447. The molecule has 0 aromatic heterocycles. The molecule has 0 amide bonds. The molecule has 0 fully saturated rings. The summed E-state index contributed by atoms with van der Waals surface area (Å²) in [4.78, 5) is 0. The Hall–Kier alpha value is -0.980. The van der Waals surface area contributed by atoms with Gasteiger partial charge in [-0.2, -0.15) is 17.6 Å². The smallest absolute Gasteiger partial charge is 0.192 e. The molecule has 0 aromatic carbocycles. The van der Waals surface area contributed by atoms with E-state index in [2.05, 4.69) is 6.58 Å².